The molecule has 0 unspecified atom stereocenters. The number of benzene rings is 3. The quantitative estimate of drug-likeness (QED) is 0.207. The number of rotatable bonds is 8. The van der Waals surface area contributed by atoms with Gasteiger partial charge in [-0.3, -0.25) is 14.9 Å². The van der Waals surface area contributed by atoms with Crippen molar-refractivity contribution in [3.63, 3.8) is 0 Å². The molecule has 3 aromatic carbocycles. The minimum Gasteiger partial charge on any atom is -0.496 e. The third-order valence-corrected chi connectivity index (χ3v) is 4.89. The Balaban J connectivity index is 1.52. The maximum atomic E-state index is 13.6. The van der Waals surface area contributed by atoms with Gasteiger partial charge in [0.25, 0.3) is 0 Å². The molecule has 0 amide bonds. The number of carbonyl (C=O) groups is 1. The van der Waals surface area contributed by atoms with Crippen molar-refractivity contribution < 1.29 is 33.1 Å². The van der Waals surface area contributed by atoms with E-state index in [4.69, 9.17) is 18.9 Å². The Hall–Kier alpha value is -4.40. The average molecular weight is 451 g/mol. The van der Waals surface area contributed by atoms with Crippen molar-refractivity contribution >= 4 is 17.5 Å². The molecule has 1 heterocycles. The zero-order chi connectivity index (χ0) is 23.4. The minimum atomic E-state index is -0.652. The molecule has 168 valence electrons. The van der Waals surface area contributed by atoms with Crippen molar-refractivity contribution in [2.75, 3.05) is 13.9 Å². The summed E-state index contributed by atoms with van der Waals surface area (Å²) in [6, 6.07) is 13.1. The molecule has 0 N–H and O–H groups in total. The molecule has 0 atom stereocenters. The van der Waals surface area contributed by atoms with Crippen LogP contribution in [-0.2, 0) is 6.61 Å². The van der Waals surface area contributed by atoms with Gasteiger partial charge in [-0.05, 0) is 48.0 Å². The molecule has 0 saturated heterocycles. The molecule has 1 aliphatic rings. The smallest absolute Gasteiger partial charge is 0.311 e. The van der Waals surface area contributed by atoms with Gasteiger partial charge in [0.05, 0.1) is 12.0 Å². The molecule has 0 radical (unpaired) electrons. The standard InChI is InChI=1S/C24H18FNO7/c1-30-21-8-3-15(2-7-20(27)16-4-9-22-24(11-16)33-14-32-22)10-17(21)13-31-23-12-18(25)5-6-19(23)26(28)29/h2-12H,13-14H2,1H3/b7-2+. The number of ketones is 1. The summed E-state index contributed by atoms with van der Waals surface area (Å²) in [4.78, 5) is 23.1. The molecule has 1 aliphatic heterocycles. The molecular formula is C24H18FNO7. The molecule has 0 aromatic heterocycles. The third kappa shape index (κ3) is 4.93. The number of fused-ring (bicyclic) bond motifs is 1. The largest absolute Gasteiger partial charge is 0.496 e. The van der Waals surface area contributed by atoms with Crippen molar-refractivity contribution in [2.45, 2.75) is 6.61 Å². The minimum absolute atomic E-state index is 0.106. The summed E-state index contributed by atoms with van der Waals surface area (Å²) in [5.74, 6) is 0.520. The molecule has 0 fully saturated rings. The number of allylic oxidation sites excluding steroid dienone is 1. The molecule has 9 heteroatoms. The number of hydrogen-bond acceptors (Lipinski definition) is 7. The Kier molecular flexibility index (Phi) is 6.21. The van der Waals surface area contributed by atoms with E-state index in [0.717, 1.165) is 18.2 Å². The molecule has 8 nitrogen and oxygen atoms in total. The second-order valence-corrected chi connectivity index (χ2v) is 6.99. The van der Waals surface area contributed by atoms with Crippen LogP contribution in [0.3, 0.4) is 0 Å². The maximum Gasteiger partial charge on any atom is 0.311 e. The number of hydrogen-bond donors (Lipinski definition) is 0. The highest BCUT2D eigenvalue weighted by Crippen LogP contribution is 2.33. The van der Waals surface area contributed by atoms with Gasteiger partial charge in [0.2, 0.25) is 6.79 Å². The zero-order valence-corrected chi connectivity index (χ0v) is 17.4. The first-order chi connectivity index (χ1) is 15.9. The lowest BCUT2D eigenvalue weighted by atomic mass is 10.1. The van der Waals surface area contributed by atoms with Crippen molar-refractivity contribution in [3.8, 4) is 23.0 Å². The predicted octanol–water partition coefficient (Wildman–Crippen LogP) is 4.95. The van der Waals surface area contributed by atoms with Gasteiger partial charge < -0.3 is 18.9 Å². The third-order valence-electron chi connectivity index (χ3n) is 4.89. The lowest BCUT2D eigenvalue weighted by Gasteiger charge is -2.11. The number of halogens is 1. The zero-order valence-electron chi connectivity index (χ0n) is 17.4. The summed E-state index contributed by atoms with van der Waals surface area (Å²) < 4.78 is 34.9. The van der Waals surface area contributed by atoms with Crippen molar-refractivity contribution in [1.82, 2.24) is 0 Å². The number of nitro groups is 1. The topological polar surface area (TPSA) is 97.1 Å². The molecule has 0 aliphatic carbocycles. The van der Waals surface area contributed by atoms with Crippen LogP contribution in [0.5, 0.6) is 23.0 Å². The Morgan fingerprint density at radius 3 is 2.70 bits per heavy atom. The molecule has 0 saturated carbocycles. The monoisotopic (exact) mass is 451 g/mol. The summed E-state index contributed by atoms with van der Waals surface area (Å²) in [6.45, 7) is 0.0174. The Labute approximate surface area is 187 Å². The number of ether oxygens (including phenoxy) is 4. The molecule has 0 spiro atoms. The highest BCUT2D eigenvalue weighted by molar-refractivity contribution is 6.07. The van der Waals surface area contributed by atoms with Gasteiger partial charge in [-0.25, -0.2) is 4.39 Å². The van der Waals surface area contributed by atoms with E-state index in [9.17, 15) is 19.3 Å². The molecule has 0 bridgehead atoms. The fourth-order valence-electron chi connectivity index (χ4n) is 3.24. The summed E-state index contributed by atoms with van der Waals surface area (Å²) in [6.07, 6.45) is 3.04. The second-order valence-electron chi connectivity index (χ2n) is 6.99. The van der Waals surface area contributed by atoms with Crippen LogP contribution in [0.15, 0.2) is 60.7 Å². The van der Waals surface area contributed by atoms with E-state index in [1.165, 1.54) is 13.2 Å². The lowest BCUT2D eigenvalue weighted by Crippen LogP contribution is -2.02. The van der Waals surface area contributed by atoms with Crippen LogP contribution in [0.1, 0.15) is 21.5 Å². The molecule has 33 heavy (non-hydrogen) atoms. The Morgan fingerprint density at radius 2 is 1.91 bits per heavy atom. The fraction of sp³-hybridized carbons (Fsp3) is 0.125. The number of methoxy groups -OCH3 is 1. The summed E-state index contributed by atoms with van der Waals surface area (Å²) in [5.41, 5.74) is 1.35. The second kappa shape index (κ2) is 9.39. The highest BCUT2D eigenvalue weighted by atomic mass is 19.1. The molecule has 3 aromatic rings. The van der Waals surface area contributed by atoms with E-state index >= 15 is 0 Å². The van der Waals surface area contributed by atoms with Gasteiger partial charge in [-0.15, -0.1) is 0 Å². The molecule has 4 rings (SSSR count). The molecular weight excluding hydrogens is 433 g/mol. The van der Waals surface area contributed by atoms with Crippen LogP contribution in [-0.4, -0.2) is 24.6 Å². The predicted molar refractivity (Wildman–Crippen MR) is 116 cm³/mol. The van der Waals surface area contributed by atoms with Crippen LogP contribution >= 0.6 is 0 Å². The van der Waals surface area contributed by atoms with Crippen LogP contribution < -0.4 is 18.9 Å². The van der Waals surface area contributed by atoms with E-state index in [1.54, 1.807) is 42.5 Å². The summed E-state index contributed by atoms with van der Waals surface area (Å²) >= 11 is 0. The average Bonchev–Trinajstić information content (AvgIpc) is 3.29. The Morgan fingerprint density at radius 1 is 1.09 bits per heavy atom. The van der Waals surface area contributed by atoms with Gasteiger partial charge in [-0.1, -0.05) is 12.1 Å². The van der Waals surface area contributed by atoms with Gasteiger partial charge in [-0.2, -0.15) is 0 Å². The number of nitrogens with zero attached hydrogens (tertiary/aromatic N) is 1. The van der Waals surface area contributed by atoms with E-state index < -0.39 is 10.7 Å². The number of carbonyl (C=O) groups excluding carboxylic acids is 1. The van der Waals surface area contributed by atoms with Crippen molar-refractivity contribution in [3.05, 3.63) is 93.3 Å². The van der Waals surface area contributed by atoms with E-state index in [0.29, 0.717) is 33.9 Å². The fourth-order valence-corrected chi connectivity index (χ4v) is 3.24. The van der Waals surface area contributed by atoms with Gasteiger partial charge in [0.1, 0.15) is 18.2 Å². The summed E-state index contributed by atoms with van der Waals surface area (Å²) in [7, 11) is 1.47. The van der Waals surface area contributed by atoms with E-state index in [2.05, 4.69) is 0 Å². The highest BCUT2D eigenvalue weighted by Gasteiger charge is 2.17. The van der Waals surface area contributed by atoms with E-state index in [-0.39, 0.29) is 30.6 Å². The first-order valence-electron chi connectivity index (χ1n) is 9.80. The maximum absolute atomic E-state index is 13.6. The van der Waals surface area contributed by atoms with Crippen LogP contribution in [0.4, 0.5) is 10.1 Å². The van der Waals surface area contributed by atoms with Crippen molar-refractivity contribution in [1.29, 1.82) is 0 Å². The summed E-state index contributed by atoms with van der Waals surface area (Å²) in [5, 5.41) is 11.2. The van der Waals surface area contributed by atoms with Crippen LogP contribution in [0.25, 0.3) is 6.08 Å². The van der Waals surface area contributed by atoms with Gasteiger partial charge in [0.15, 0.2) is 23.0 Å². The first-order valence-corrected chi connectivity index (χ1v) is 9.80. The van der Waals surface area contributed by atoms with Crippen LogP contribution in [0.2, 0.25) is 0 Å². The van der Waals surface area contributed by atoms with Crippen LogP contribution in [0, 0.1) is 15.9 Å². The van der Waals surface area contributed by atoms with Gasteiger partial charge in [0, 0.05) is 23.3 Å². The number of nitro benzene ring substituents is 1. The van der Waals surface area contributed by atoms with Crippen molar-refractivity contribution in [2.24, 2.45) is 0 Å². The van der Waals surface area contributed by atoms with Gasteiger partial charge >= 0.3 is 5.69 Å². The first kappa shape index (κ1) is 21.8. The normalized spacial score (nSPS) is 12.1. The lowest BCUT2D eigenvalue weighted by molar-refractivity contribution is -0.386. The Bertz CT molecular complexity index is 1260. The van der Waals surface area contributed by atoms with E-state index in [1.807, 2.05) is 0 Å². The SMILES string of the molecule is COc1ccc(/C=C/C(=O)c2ccc3c(c2)OCO3)cc1COc1cc(F)ccc1[N+](=O)[O-].